The number of fused-ring (bicyclic) bond motifs is 1. The maximum absolute atomic E-state index is 11.9. The van der Waals surface area contributed by atoms with Crippen molar-refractivity contribution >= 4 is 40.7 Å². The third-order valence-corrected chi connectivity index (χ3v) is 4.29. The Kier molecular flexibility index (Phi) is 5.31. The summed E-state index contributed by atoms with van der Waals surface area (Å²) in [5.41, 5.74) is 1.21. The van der Waals surface area contributed by atoms with E-state index in [2.05, 4.69) is 10.6 Å². The molecule has 1 aliphatic heterocycles. The fourth-order valence-corrected chi connectivity index (χ4v) is 2.60. The summed E-state index contributed by atoms with van der Waals surface area (Å²) in [6.45, 7) is 0.470. The van der Waals surface area contributed by atoms with Gasteiger partial charge in [-0.25, -0.2) is 0 Å². The quantitative estimate of drug-likeness (QED) is 0.779. The van der Waals surface area contributed by atoms with Crippen molar-refractivity contribution in [2.24, 2.45) is 0 Å². The van der Waals surface area contributed by atoms with Crippen molar-refractivity contribution in [1.82, 2.24) is 5.32 Å². The first-order valence-corrected chi connectivity index (χ1v) is 8.17. The Morgan fingerprint density at radius 2 is 1.84 bits per heavy atom. The van der Waals surface area contributed by atoms with Crippen LogP contribution in [0.25, 0.3) is 0 Å². The summed E-state index contributed by atoms with van der Waals surface area (Å²) in [7, 11) is 0. The van der Waals surface area contributed by atoms with E-state index >= 15 is 0 Å². The van der Waals surface area contributed by atoms with Gasteiger partial charge < -0.3 is 20.1 Å². The molecule has 8 heteroatoms. The minimum absolute atomic E-state index is 0.192. The van der Waals surface area contributed by atoms with E-state index in [1.165, 1.54) is 0 Å². The van der Waals surface area contributed by atoms with Gasteiger partial charge in [0.15, 0.2) is 11.5 Å². The number of carbonyl (C=O) groups excluding carboxylic acids is 2. The molecule has 1 heterocycles. The minimum atomic E-state index is -0.479. The fourth-order valence-electron chi connectivity index (χ4n) is 2.25. The van der Waals surface area contributed by atoms with Gasteiger partial charge in [-0.05, 0) is 29.8 Å². The van der Waals surface area contributed by atoms with Gasteiger partial charge in [0.1, 0.15) is 6.42 Å². The van der Waals surface area contributed by atoms with Gasteiger partial charge in [0, 0.05) is 6.54 Å². The molecule has 2 N–H and O–H groups in total. The van der Waals surface area contributed by atoms with Gasteiger partial charge in [-0.2, -0.15) is 0 Å². The Bertz CT molecular complexity index is 826. The molecule has 130 valence electrons. The monoisotopic (exact) mass is 380 g/mol. The van der Waals surface area contributed by atoms with Crippen LogP contribution in [0.5, 0.6) is 11.5 Å². The molecule has 0 atom stereocenters. The summed E-state index contributed by atoms with van der Waals surface area (Å²) >= 11 is 11.9. The molecule has 0 saturated heterocycles. The summed E-state index contributed by atoms with van der Waals surface area (Å²) in [6, 6.07) is 10.3. The van der Waals surface area contributed by atoms with E-state index < -0.39 is 11.8 Å². The number of amides is 2. The number of halogens is 2. The normalized spacial score (nSPS) is 11.9. The zero-order valence-corrected chi connectivity index (χ0v) is 14.5. The predicted molar refractivity (Wildman–Crippen MR) is 94.1 cm³/mol. The summed E-state index contributed by atoms with van der Waals surface area (Å²) in [6.07, 6.45) is -0.326. The lowest BCUT2D eigenvalue weighted by Crippen LogP contribution is -2.27. The molecule has 0 radical (unpaired) electrons. The summed E-state index contributed by atoms with van der Waals surface area (Å²) < 4.78 is 10.5. The lowest BCUT2D eigenvalue weighted by Gasteiger charge is -2.09. The predicted octanol–water partition coefficient (Wildman–Crippen LogP) is 3.37. The van der Waals surface area contributed by atoms with Crippen molar-refractivity contribution in [2.45, 2.75) is 13.0 Å². The third-order valence-electron chi connectivity index (χ3n) is 3.47. The number of anilines is 1. The van der Waals surface area contributed by atoms with Gasteiger partial charge in [0.25, 0.3) is 0 Å². The van der Waals surface area contributed by atoms with E-state index in [1.54, 1.807) is 30.3 Å². The molecular formula is C17H14Cl2N2O4. The highest BCUT2D eigenvalue weighted by molar-refractivity contribution is 6.44. The van der Waals surface area contributed by atoms with E-state index in [-0.39, 0.29) is 24.8 Å². The number of hydrogen-bond acceptors (Lipinski definition) is 4. The number of ether oxygens (including phenoxy) is 2. The first-order valence-electron chi connectivity index (χ1n) is 7.42. The molecule has 0 unspecified atom stereocenters. The van der Waals surface area contributed by atoms with Crippen LogP contribution in [0, 0.1) is 0 Å². The first-order chi connectivity index (χ1) is 12.0. The van der Waals surface area contributed by atoms with Crippen LogP contribution in [0.15, 0.2) is 36.4 Å². The average Bonchev–Trinajstić information content (AvgIpc) is 3.05. The summed E-state index contributed by atoms with van der Waals surface area (Å²) in [4.78, 5) is 23.9. The second kappa shape index (κ2) is 7.63. The number of rotatable bonds is 5. The van der Waals surface area contributed by atoms with Crippen LogP contribution in [-0.2, 0) is 16.1 Å². The second-order valence-corrected chi connectivity index (χ2v) is 6.08. The lowest BCUT2D eigenvalue weighted by atomic mass is 10.2. The van der Waals surface area contributed by atoms with Crippen molar-refractivity contribution in [3.05, 3.63) is 52.0 Å². The number of carbonyl (C=O) groups is 2. The van der Waals surface area contributed by atoms with Crippen LogP contribution in [0.3, 0.4) is 0 Å². The highest BCUT2D eigenvalue weighted by atomic mass is 35.5. The molecule has 0 bridgehead atoms. The molecule has 2 amide bonds. The van der Waals surface area contributed by atoms with E-state index in [0.717, 1.165) is 5.56 Å². The zero-order chi connectivity index (χ0) is 17.8. The van der Waals surface area contributed by atoms with Crippen LogP contribution < -0.4 is 20.1 Å². The van der Waals surface area contributed by atoms with Gasteiger partial charge in [-0.3, -0.25) is 9.59 Å². The second-order valence-electron chi connectivity index (χ2n) is 5.29. The van der Waals surface area contributed by atoms with Crippen LogP contribution in [0.2, 0.25) is 10.0 Å². The van der Waals surface area contributed by atoms with Gasteiger partial charge in [0.05, 0.1) is 15.7 Å². The molecule has 25 heavy (non-hydrogen) atoms. The minimum Gasteiger partial charge on any atom is -0.454 e. The van der Waals surface area contributed by atoms with E-state index in [9.17, 15) is 9.59 Å². The Balaban J connectivity index is 1.50. The molecule has 3 rings (SSSR count). The molecule has 0 aliphatic carbocycles. The molecule has 2 aromatic carbocycles. The van der Waals surface area contributed by atoms with Crippen LogP contribution >= 0.6 is 23.2 Å². The molecule has 1 aliphatic rings. The fraction of sp³-hybridized carbons (Fsp3) is 0.176. The third kappa shape index (κ3) is 4.35. The first kappa shape index (κ1) is 17.4. The molecule has 2 aromatic rings. The molecule has 0 saturated carbocycles. The van der Waals surface area contributed by atoms with Gasteiger partial charge in [0.2, 0.25) is 18.6 Å². The number of nitrogens with one attached hydrogen (secondary N) is 2. The molecule has 0 fully saturated rings. The number of hydrogen-bond donors (Lipinski definition) is 2. The van der Waals surface area contributed by atoms with Crippen molar-refractivity contribution < 1.29 is 19.1 Å². The Morgan fingerprint density at radius 3 is 2.68 bits per heavy atom. The SMILES string of the molecule is O=C(CC(=O)Nc1cccc(Cl)c1Cl)NCc1ccc2c(c1)OCO2. The van der Waals surface area contributed by atoms with Crippen molar-refractivity contribution in [2.75, 3.05) is 12.1 Å². The summed E-state index contributed by atoms with van der Waals surface area (Å²) in [5, 5.41) is 5.80. The molecule has 0 aromatic heterocycles. The van der Waals surface area contributed by atoms with Crippen LogP contribution in [-0.4, -0.2) is 18.6 Å². The zero-order valence-electron chi connectivity index (χ0n) is 13.0. The standard InChI is InChI=1S/C17H14Cl2N2O4/c18-11-2-1-3-12(17(11)19)21-16(23)7-15(22)20-8-10-4-5-13-14(6-10)25-9-24-13/h1-6H,7-9H2,(H,20,22)(H,21,23). The molecule has 0 spiro atoms. The van der Waals surface area contributed by atoms with E-state index in [0.29, 0.717) is 22.2 Å². The van der Waals surface area contributed by atoms with Gasteiger partial charge in [-0.15, -0.1) is 0 Å². The highest BCUT2D eigenvalue weighted by Crippen LogP contribution is 2.32. The van der Waals surface area contributed by atoms with E-state index in [4.69, 9.17) is 32.7 Å². The van der Waals surface area contributed by atoms with Crippen molar-refractivity contribution in [1.29, 1.82) is 0 Å². The maximum atomic E-state index is 11.9. The highest BCUT2D eigenvalue weighted by Gasteiger charge is 2.15. The summed E-state index contributed by atoms with van der Waals surface area (Å²) in [5.74, 6) is 0.425. The van der Waals surface area contributed by atoms with Crippen LogP contribution in [0.1, 0.15) is 12.0 Å². The Hall–Kier alpha value is -2.44. The molecule has 6 nitrogen and oxygen atoms in total. The Morgan fingerprint density at radius 1 is 1.04 bits per heavy atom. The topological polar surface area (TPSA) is 76.7 Å². The maximum Gasteiger partial charge on any atom is 0.233 e. The largest absolute Gasteiger partial charge is 0.454 e. The Labute approximate surface area is 154 Å². The van der Waals surface area contributed by atoms with Gasteiger partial charge in [-0.1, -0.05) is 35.3 Å². The van der Waals surface area contributed by atoms with E-state index in [1.807, 2.05) is 6.07 Å². The number of benzene rings is 2. The lowest BCUT2D eigenvalue weighted by molar-refractivity contribution is -0.126. The van der Waals surface area contributed by atoms with Crippen LogP contribution in [0.4, 0.5) is 5.69 Å². The van der Waals surface area contributed by atoms with Crippen molar-refractivity contribution in [3.63, 3.8) is 0 Å². The smallest absolute Gasteiger partial charge is 0.233 e. The van der Waals surface area contributed by atoms with Gasteiger partial charge >= 0.3 is 0 Å². The van der Waals surface area contributed by atoms with Crippen molar-refractivity contribution in [3.8, 4) is 11.5 Å². The molecular weight excluding hydrogens is 367 g/mol. The average molecular weight is 381 g/mol.